The van der Waals surface area contributed by atoms with Crippen LogP contribution in [-0.2, 0) is 0 Å². The highest BCUT2D eigenvalue weighted by molar-refractivity contribution is 5.98. The molecule has 0 fully saturated rings. The molecule has 0 spiro atoms. The number of aromatic amines is 1. The van der Waals surface area contributed by atoms with E-state index in [0.29, 0.717) is 23.1 Å². The largest absolute Gasteiger partial charge is 0.493 e. The van der Waals surface area contributed by atoms with Gasteiger partial charge in [0.15, 0.2) is 11.5 Å². The summed E-state index contributed by atoms with van der Waals surface area (Å²) >= 11 is 0. The number of nitrogens with one attached hydrogen (secondary N) is 1. The minimum atomic E-state index is 0.474. The van der Waals surface area contributed by atoms with Gasteiger partial charge < -0.3 is 24.9 Å². The number of hydrogen-bond acceptors (Lipinski definition) is 6. The van der Waals surface area contributed by atoms with Crippen molar-refractivity contribution in [2.24, 2.45) is 0 Å². The maximum Gasteiger partial charge on any atom is 0.203 e. The molecule has 0 aliphatic carbocycles. The van der Waals surface area contributed by atoms with Crippen LogP contribution in [0.3, 0.4) is 0 Å². The van der Waals surface area contributed by atoms with Crippen molar-refractivity contribution in [1.29, 1.82) is 0 Å². The van der Waals surface area contributed by atoms with Crippen molar-refractivity contribution in [3.8, 4) is 39.5 Å². The Hall–Kier alpha value is -3.74. The van der Waals surface area contributed by atoms with Crippen LogP contribution in [0, 0.1) is 0 Å². The van der Waals surface area contributed by atoms with E-state index in [0.717, 1.165) is 33.3 Å². The number of ether oxygens (including phenoxy) is 3. The van der Waals surface area contributed by atoms with Gasteiger partial charge in [-0.25, -0.2) is 9.97 Å². The quantitative estimate of drug-likeness (QED) is 0.548. The molecular formula is C21H20N4O3. The molecule has 4 aromatic rings. The number of pyridine rings is 2. The highest BCUT2D eigenvalue weighted by Gasteiger charge is 2.16. The number of fused-ring (bicyclic) bond motifs is 1. The third-order valence-corrected chi connectivity index (χ3v) is 4.66. The zero-order valence-corrected chi connectivity index (χ0v) is 15.8. The Morgan fingerprint density at radius 1 is 0.893 bits per heavy atom. The maximum absolute atomic E-state index is 6.07. The summed E-state index contributed by atoms with van der Waals surface area (Å²) in [5, 5.41) is 0.950. The van der Waals surface area contributed by atoms with E-state index in [4.69, 9.17) is 19.9 Å². The van der Waals surface area contributed by atoms with E-state index in [2.05, 4.69) is 21.0 Å². The number of hydrogen-bond donors (Lipinski definition) is 2. The van der Waals surface area contributed by atoms with Crippen molar-refractivity contribution < 1.29 is 14.2 Å². The van der Waals surface area contributed by atoms with Gasteiger partial charge in [-0.1, -0.05) is 0 Å². The van der Waals surface area contributed by atoms with E-state index in [9.17, 15) is 0 Å². The Morgan fingerprint density at radius 3 is 2.29 bits per heavy atom. The first kappa shape index (κ1) is 17.7. The average Bonchev–Trinajstić information content (AvgIpc) is 3.16. The molecular weight excluding hydrogens is 356 g/mol. The molecule has 0 atom stereocenters. The van der Waals surface area contributed by atoms with Crippen LogP contribution in [0.5, 0.6) is 17.2 Å². The first-order valence-electron chi connectivity index (χ1n) is 8.64. The number of nitrogen functional groups attached to an aromatic ring is 1. The van der Waals surface area contributed by atoms with Crippen LogP contribution < -0.4 is 19.9 Å². The molecule has 0 saturated carbocycles. The molecule has 0 radical (unpaired) electrons. The summed E-state index contributed by atoms with van der Waals surface area (Å²) < 4.78 is 16.3. The van der Waals surface area contributed by atoms with Crippen LogP contribution in [0.2, 0.25) is 0 Å². The Balaban J connectivity index is 1.89. The number of H-pyrrole nitrogens is 1. The molecule has 0 amide bonds. The van der Waals surface area contributed by atoms with Gasteiger partial charge in [0.2, 0.25) is 5.75 Å². The summed E-state index contributed by atoms with van der Waals surface area (Å²) in [6, 6.07) is 9.66. The number of anilines is 1. The highest BCUT2D eigenvalue weighted by atomic mass is 16.5. The summed E-state index contributed by atoms with van der Waals surface area (Å²) in [5.74, 6) is 2.19. The Labute approximate surface area is 162 Å². The molecule has 3 N–H and O–H groups in total. The molecule has 0 aliphatic heterocycles. The summed E-state index contributed by atoms with van der Waals surface area (Å²) in [4.78, 5) is 11.9. The Kier molecular flexibility index (Phi) is 4.49. The lowest BCUT2D eigenvalue weighted by molar-refractivity contribution is 0.324. The summed E-state index contributed by atoms with van der Waals surface area (Å²) in [6.45, 7) is 0. The zero-order chi connectivity index (χ0) is 19.7. The third kappa shape index (κ3) is 2.87. The normalized spacial score (nSPS) is 10.8. The van der Waals surface area contributed by atoms with Crippen LogP contribution in [0.4, 0.5) is 5.82 Å². The fourth-order valence-corrected chi connectivity index (χ4v) is 3.28. The van der Waals surface area contributed by atoms with E-state index in [-0.39, 0.29) is 0 Å². The second-order valence-electron chi connectivity index (χ2n) is 6.17. The lowest BCUT2D eigenvalue weighted by atomic mass is 10.0. The maximum atomic E-state index is 6.07. The van der Waals surface area contributed by atoms with Crippen LogP contribution in [0.25, 0.3) is 33.3 Å². The number of benzene rings is 1. The van der Waals surface area contributed by atoms with Gasteiger partial charge in [0.1, 0.15) is 11.5 Å². The van der Waals surface area contributed by atoms with E-state index in [1.54, 1.807) is 33.7 Å². The van der Waals surface area contributed by atoms with Crippen LogP contribution in [-0.4, -0.2) is 36.3 Å². The molecule has 7 heteroatoms. The van der Waals surface area contributed by atoms with E-state index < -0.39 is 0 Å². The number of methoxy groups -OCH3 is 3. The van der Waals surface area contributed by atoms with Crippen molar-refractivity contribution in [1.82, 2.24) is 15.0 Å². The predicted molar refractivity (Wildman–Crippen MR) is 109 cm³/mol. The van der Waals surface area contributed by atoms with Gasteiger partial charge in [-0.05, 0) is 35.9 Å². The predicted octanol–water partition coefficient (Wildman–Crippen LogP) is 3.90. The van der Waals surface area contributed by atoms with Gasteiger partial charge in [0, 0.05) is 40.7 Å². The molecule has 28 heavy (non-hydrogen) atoms. The molecule has 0 aliphatic rings. The Morgan fingerprint density at radius 2 is 1.64 bits per heavy atom. The fourth-order valence-electron chi connectivity index (χ4n) is 3.28. The van der Waals surface area contributed by atoms with Crippen molar-refractivity contribution in [2.45, 2.75) is 0 Å². The lowest BCUT2D eigenvalue weighted by Gasteiger charge is -2.14. The van der Waals surface area contributed by atoms with Crippen LogP contribution >= 0.6 is 0 Å². The molecule has 4 rings (SSSR count). The summed E-state index contributed by atoms with van der Waals surface area (Å²) in [7, 11) is 4.77. The first-order chi connectivity index (χ1) is 13.7. The average molecular weight is 376 g/mol. The molecule has 0 unspecified atom stereocenters. The zero-order valence-electron chi connectivity index (χ0n) is 15.8. The number of rotatable bonds is 5. The molecule has 0 saturated heterocycles. The first-order valence-corrected chi connectivity index (χ1v) is 8.64. The van der Waals surface area contributed by atoms with Crippen LogP contribution in [0.15, 0.2) is 48.9 Å². The van der Waals surface area contributed by atoms with Gasteiger partial charge in [-0.15, -0.1) is 0 Å². The van der Waals surface area contributed by atoms with Crippen molar-refractivity contribution >= 4 is 16.9 Å². The Bertz CT molecular complexity index is 1130. The second kappa shape index (κ2) is 7.11. The van der Waals surface area contributed by atoms with E-state index >= 15 is 0 Å². The van der Waals surface area contributed by atoms with Gasteiger partial charge in [0.05, 0.1) is 21.3 Å². The van der Waals surface area contributed by atoms with E-state index in [1.807, 2.05) is 30.5 Å². The number of nitrogens with two attached hydrogens (primary N) is 1. The van der Waals surface area contributed by atoms with Crippen molar-refractivity contribution in [2.75, 3.05) is 27.1 Å². The standard InChI is InChI=1S/C21H20N4O3/c1-26-17-8-12(9-18(27-2)19(17)28-3)13-7-15-16(11-25-21(15)24-10-13)14-5-4-6-23-20(14)22/h4-11H,1-3H3,(H2,22,23)(H,24,25). The highest BCUT2D eigenvalue weighted by Crippen LogP contribution is 2.42. The monoisotopic (exact) mass is 376 g/mol. The molecule has 3 heterocycles. The number of aromatic nitrogens is 3. The van der Waals surface area contributed by atoms with Gasteiger partial charge >= 0.3 is 0 Å². The van der Waals surface area contributed by atoms with Crippen molar-refractivity contribution in [3.63, 3.8) is 0 Å². The lowest BCUT2D eigenvalue weighted by Crippen LogP contribution is -1.96. The molecule has 0 bridgehead atoms. The molecule has 3 aromatic heterocycles. The van der Waals surface area contributed by atoms with Crippen LogP contribution in [0.1, 0.15) is 0 Å². The second-order valence-corrected chi connectivity index (χ2v) is 6.17. The van der Waals surface area contributed by atoms with Crippen molar-refractivity contribution in [3.05, 3.63) is 48.9 Å². The SMILES string of the molecule is COc1cc(-c2cnc3[nH]cc(-c4cccnc4N)c3c2)cc(OC)c1OC. The minimum Gasteiger partial charge on any atom is -0.493 e. The van der Waals surface area contributed by atoms with Gasteiger partial charge in [-0.2, -0.15) is 0 Å². The molecule has 7 nitrogen and oxygen atoms in total. The van der Waals surface area contributed by atoms with Gasteiger partial charge in [0.25, 0.3) is 0 Å². The molecule has 1 aromatic carbocycles. The van der Waals surface area contributed by atoms with Gasteiger partial charge in [-0.3, -0.25) is 0 Å². The molecule has 142 valence electrons. The topological polar surface area (TPSA) is 95.3 Å². The summed E-state index contributed by atoms with van der Waals surface area (Å²) in [5.41, 5.74) is 10.5. The summed E-state index contributed by atoms with van der Waals surface area (Å²) in [6.07, 6.45) is 5.37. The number of nitrogens with zero attached hydrogens (tertiary/aromatic N) is 2. The third-order valence-electron chi connectivity index (χ3n) is 4.66. The fraction of sp³-hybridized carbons (Fsp3) is 0.143. The minimum absolute atomic E-state index is 0.474. The smallest absolute Gasteiger partial charge is 0.203 e. The van der Waals surface area contributed by atoms with E-state index in [1.165, 1.54) is 0 Å².